The zero-order valence-corrected chi connectivity index (χ0v) is 15.7. The molecule has 0 saturated carbocycles. The summed E-state index contributed by atoms with van der Waals surface area (Å²) in [5, 5.41) is 0. The van der Waals surface area contributed by atoms with Crippen LogP contribution in [-0.2, 0) is 14.3 Å². The van der Waals surface area contributed by atoms with Crippen molar-refractivity contribution >= 4 is 29.6 Å². The third-order valence-electron chi connectivity index (χ3n) is 4.33. The summed E-state index contributed by atoms with van der Waals surface area (Å²) in [6, 6.07) is 10.0. The van der Waals surface area contributed by atoms with Gasteiger partial charge in [0.2, 0.25) is 0 Å². The maximum absolute atomic E-state index is 13.5. The summed E-state index contributed by atoms with van der Waals surface area (Å²) in [6.07, 6.45) is 0. The summed E-state index contributed by atoms with van der Waals surface area (Å²) >= 11 is 0. The van der Waals surface area contributed by atoms with E-state index in [1.165, 1.54) is 37.3 Å². The van der Waals surface area contributed by atoms with Gasteiger partial charge in [-0.2, -0.15) is 0 Å². The monoisotopic (exact) mass is 413 g/mol. The molecule has 4 amide bonds. The minimum Gasteiger partial charge on any atom is -0.454 e. The van der Waals surface area contributed by atoms with Crippen LogP contribution in [0.2, 0.25) is 0 Å². The van der Waals surface area contributed by atoms with Crippen molar-refractivity contribution in [1.29, 1.82) is 0 Å². The highest BCUT2D eigenvalue weighted by Gasteiger charge is 2.41. The zero-order chi connectivity index (χ0) is 21.8. The lowest BCUT2D eigenvalue weighted by atomic mass is 10.1. The highest BCUT2D eigenvalue weighted by Crippen LogP contribution is 2.24. The van der Waals surface area contributed by atoms with Crippen molar-refractivity contribution in [3.63, 3.8) is 0 Å². The first-order valence-corrected chi connectivity index (χ1v) is 8.78. The maximum atomic E-state index is 13.5. The second kappa shape index (κ2) is 8.52. The number of halogens is 1. The normalized spacial score (nSPS) is 13.5. The smallest absolute Gasteiger partial charge is 0.329 e. The van der Waals surface area contributed by atoms with Crippen LogP contribution in [0.5, 0.6) is 0 Å². The number of esters is 1. The number of benzene rings is 2. The van der Waals surface area contributed by atoms with E-state index in [-0.39, 0.29) is 16.7 Å². The fourth-order valence-corrected chi connectivity index (χ4v) is 2.80. The molecule has 1 aliphatic heterocycles. The summed E-state index contributed by atoms with van der Waals surface area (Å²) in [5.74, 6) is -4.83. The Morgan fingerprint density at radius 3 is 2.13 bits per heavy atom. The minimum absolute atomic E-state index is 0.177. The van der Waals surface area contributed by atoms with Gasteiger partial charge in [-0.05, 0) is 31.2 Å². The van der Waals surface area contributed by atoms with Crippen LogP contribution in [-0.4, -0.2) is 47.1 Å². The Balaban J connectivity index is 1.51. The molecule has 30 heavy (non-hydrogen) atoms. The fraction of sp³-hybridized carbons (Fsp3) is 0.150. The number of fused-ring (bicyclic) bond motifs is 1. The molecule has 0 spiro atoms. The summed E-state index contributed by atoms with van der Waals surface area (Å²) in [6.45, 7) is 0.506. The van der Waals surface area contributed by atoms with Crippen molar-refractivity contribution in [2.75, 3.05) is 6.61 Å². The Hall–Kier alpha value is -4.08. The molecule has 1 atom stereocenters. The Morgan fingerprint density at radius 2 is 1.53 bits per heavy atom. The van der Waals surface area contributed by atoms with Crippen molar-refractivity contribution in [2.45, 2.75) is 13.0 Å². The number of ether oxygens (including phenoxy) is 1. The maximum Gasteiger partial charge on any atom is 0.329 e. The molecule has 3 rings (SSSR count). The quantitative estimate of drug-likeness (QED) is 0.425. The minimum atomic E-state index is -1.27. The van der Waals surface area contributed by atoms with Gasteiger partial charge < -0.3 is 4.74 Å². The van der Waals surface area contributed by atoms with Crippen molar-refractivity contribution in [2.24, 2.45) is 0 Å². The third-order valence-corrected chi connectivity index (χ3v) is 4.33. The Morgan fingerprint density at radius 1 is 0.967 bits per heavy atom. The van der Waals surface area contributed by atoms with Gasteiger partial charge in [-0.25, -0.2) is 9.18 Å². The Kier molecular flexibility index (Phi) is 5.86. The van der Waals surface area contributed by atoms with E-state index in [0.717, 1.165) is 11.0 Å². The van der Waals surface area contributed by atoms with Gasteiger partial charge in [-0.1, -0.05) is 24.3 Å². The summed E-state index contributed by atoms with van der Waals surface area (Å²) in [5.41, 5.74) is 4.03. The standard InChI is InChI=1S/C20H16FN3O6/c1-11(24-18(27)12-6-2-3-7-13(12)19(24)28)20(29)30-10-16(25)22-23-17(26)14-8-4-5-9-15(14)21/h2-9,11H,10H2,1H3,(H,22,25)(H,23,26)/t11-/m1/s1. The van der Waals surface area contributed by atoms with Crippen LogP contribution >= 0.6 is 0 Å². The molecule has 2 N–H and O–H groups in total. The van der Waals surface area contributed by atoms with E-state index >= 15 is 0 Å². The molecule has 0 unspecified atom stereocenters. The molecular formula is C20H16FN3O6. The number of hydrazine groups is 1. The number of rotatable bonds is 5. The largest absolute Gasteiger partial charge is 0.454 e. The molecule has 0 aliphatic carbocycles. The van der Waals surface area contributed by atoms with Gasteiger partial charge in [-0.3, -0.25) is 34.9 Å². The lowest BCUT2D eigenvalue weighted by Gasteiger charge is -2.20. The summed E-state index contributed by atoms with van der Waals surface area (Å²) < 4.78 is 18.3. The second-order valence-electron chi connectivity index (χ2n) is 6.29. The van der Waals surface area contributed by atoms with Gasteiger partial charge in [-0.15, -0.1) is 0 Å². The average Bonchev–Trinajstić information content (AvgIpc) is 3.00. The van der Waals surface area contributed by atoms with Crippen LogP contribution in [0.1, 0.15) is 38.0 Å². The first kappa shape index (κ1) is 20.6. The Bertz CT molecular complexity index is 1020. The van der Waals surface area contributed by atoms with Crippen molar-refractivity contribution < 1.29 is 33.1 Å². The molecule has 0 radical (unpaired) electrons. The van der Waals surface area contributed by atoms with E-state index in [9.17, 15) is 28.4 Å². The van der Waals surface area contributed by atoms with Crippen molar-refractivity contribution in [3.8, 4) is 0 Å². The molecule has 9 nitrogen and oxygen atoms in total. The van der Waals surface area contributed by atoms with Gasteiger partial charge >= 0.3 is 5.97 Å². The molecule has 0 fully saturated rings. The average molecular weight is 413 g/mol. The number of hydrogen-bond acceptors (Lipinski definition) is 6. The number of carbonyl (C=O) groups excluding carboxylic acids is 5. The number of hydrogen-bond donors (Lipinski definition) is 2. The third kappa shape index (κ3) is 4.02. The van der Waals surface area contributed by atoms with E-state index in [4.69, 9.17) is 4.74 Å². The highest BCUT2D eigenvalue weighted by atomic mass is 19.1. The second-order valence-corrected chi connectivity index (χ2v) is 6.29. The van der Waals surface area contributed by atoms with Gasteiger partial charge in [0, 0.05) is 0 Å². The lowest BCUT2D eigenvalue weighted by Crippen LogP contribution is -2.46. The molecule has 154 valence electrons. The van der Waals surface area contributed by atoms with Crippen molar-refractivity contribution in [1.82, 2.24) is 15.8 Å². The van der Waals surface area contributed by atoms with Gasteiger partial charge in [0.15, 0.2) is 6.61 Å². The van der Waals surface area contributed by atoms with Crippen LogP contribution in [0.3, 0.4) is 0 Å². The highest BCUT2D eigenvalue weighted by molar-refractivity contribution is 6.22. The number of nitrogens with one attached hydrogen (secondary N) is 2. The summed E-state index contributed by atoms with van der Waals surface area (Å²) in [7, 11) is 0. The first-order chi connectivity index (χ1) is 14.3. The van der Waals surface area contributed by atoms with Crippen molar-refractivity contribution in [3.05, 3.63) is 71.0 Å². The molecule has 0 saturated heterocycles. The number of nitrogens with zero attached hydrogens (tertiary/aromatic N) is 1. The predicted molar refractivity (Wildman–Crippen MR) is 99.4 cm³/mol. The molecule has 2 aromatic carbocycles. The lowest BCUT2D eigenvalue weighted by molar-refractivity contribution is -0.152. The molecule has 0 bridgehead atoms. The van der Waals surface area contributed by atoms with E-state index in [1.54, 1.807) is 12.1 Å². The van der Waals surface area contributed by atoms with Crippen LogP contribution in [0.4, 0.5) is 4.39 Å². The molecule has 1 aliphatic rings. The van der Waals surface area contributed by atoms with E-state index in [0.29, 0.717) is 0 Å². The van der Waals surface area contributed by atoms with Gasteiger partial charge in [0.05, 0.1) is 16.7 Å². The number of amides is 4. The first-order valence-electron chi connectivity index (χ1n) is 8.78. The molecule has 10 heteroatoms. The molecular weight excluding hydrogens is 397 g/mol. The van der Waals surface area contributed by atoms with Crippen LogP contribution in [0, 0.1) is 5.82 Å². The molecule has 0 aromatic heterocycles. The summed E-state index contributed by atoms with van der Waals surface area (Å²) in [4.78, 5) is 61.3. The van der Waals surface area contributed by atoms with Gasteiger partial charge in [0.1, 0.15) is 11.9 Å². The van der Waals surface area contributed by atoms with Crippen LogP contribution < -0.4 is 10.9 Å². The number of carbonyl (C=O) groups is 5. The Labute approximate surface area is 169 Å². The van der Waals surface area contributed by atoms with E-state index in [1.807, 2.05) is 10.9 Å². The molecule has 1 heterocycles. The SMILES string of the molecule is C[C@H](C(=O)OCC(=O)NNC(=O)c1ccccc1F)N1C(=O)c2ccccc2C1=O. The molecule has 2 aromatic rings. The predicted octanol–water partition coefficient (Wildman–Crippen LogP) is 0.815. The topological polar surface area (TPSA) is 122 Å². The number of imide groups is 1. The van der Waals surface area contributed by atoms with E-state index in [2.05, 4.69) is 0 Å². The van der Waals surface area contributed by atoms with Crippen LogP contribution in [0.15, 0.2) is 48.5 Å². The zero-order valence-electron chi connectivity index (χ0n) is 15.7. The van der Waals surface area contributed by atoms with E-state index < -0.39 is 48.1 Å². The van der Waals surface area contributed by atoms with Crippen LogP contribution in [0.25, 0.3) is 0 Å². The fourth-order valence-electron chi connectivity index (χ4n) is 2.80. The van der Waals surface area contributed by atoms with Gasteiger partial charge in [0.25, 0.3) is 23.6 Å².